The average molecular weight is 194 g/mol. The summed E-state index contributed by atoms with van der Waals surface area (Å²) in [5.41, 5.74) is 7.29. The molecular formula is C10H14N2O2. The second-order valence-electron chi connectivity index (χ2n) is 3.14. The summed E-state index contributed by atoms with van der Waals surface area (Å²) in [6.07, 6.45) is 0. The summed E-state index contributed by atoms with van der Waals surface area (Å²) in [6.45, 7) is 2.07. The lowest BCUT2D eigenvalue weighted by atomic mass is 10.2. The second-order valence-corrected chi connectivity index (χ2v) is 3.14. The lowest BCUT2D eigenvalue weighted by Crippen LogP contribution is -2.33. The van der Waals surface area contributed by atoms with Gasteiger partial charge in [-0.05, 0) is 18.6 Å². The van der Waals surface area contributed by atoms with Crippen LogP contribution in [0.2, 0.25) is 0 Å². The van der Waals surface area contributed by atoms with E-state index in [1.165, 1.54) is 0 Å². The van der Waals surface area contributed by atoms with Gasteiger partial charge in [-0.15, -0.1) is 0 Å². The molecule has 0 fully saturated rings. The van der Waals surface area contributed by atoms with Crippen LogP contribution < -0.4 is 11.1 Å². The Labute approximate surface area is 82.7 Å². The molecule has 76 valence electrons. The minimum Gasteiger partial charge on any atom is -0.480 e. The van der Waals surface area contributed by atoms with Crippen LogP contribution in [0.15, 0.2) is 24.3 Å². The average Bonchev–Trinajstić information content (AvgIpc) is 2.16. The van der Waals surface area contributed by atoms with Crippen molar-refractivity contribution in [2.45, 2.75) is 19.5 Å². The number of nitrogens with two attached hydrogens (primary N) is 1. The molecule has 0 bridgehead atoms. The highest BCUT2D eigenvalue weighted by atomic mass is 16.4. The lowest BCUT2D eigenvalue weighted by molar-refractivity contribution is -0.139. The second kappa shape index (κ2) is 4.62. The zero-order valence-corrected chi connectivity index (χ0v) is 8.03. The van der Waals surface area contributed by atoms with Crippen LogP contribution in [0.1, 0.15) is 12.5 Å². The molecule has 1 aromatic rings. The Morgan fingerprint density at radius 1 is 1.57 bits per heavy atom. The molecule has 0 heterocycles. The molecule has 0 aliphatic heterocycles. The number of anilines is 1. The van der Waals surface area contributed by atoms with E-state index in [1.807, 2.05) is 18.2 Å². The zero-order valence-electron chi connectivity index (χ0n) is 8.03. The number of rotatable bonds is 4. The fourth-order valence-corrected chi connectivity index (χ4v) is 1.05. The molecule has 0 aliphatic rings. The largest absolute Gasteiger partial charge is 0.480 e. The summed E-state index contributed by atoms with van der Waals surface area (Å²) in [4.78, 5) is 10.5. The number of benzene rings is 1. The Hall–Kier alpha value is -1.55. The van der Waals surface area contributed by atoms with Crippen LogP contribution >= 0.6 is 0 Å². The maximum Gasteiger partial charge on any atom is 0.320 e. The van der Waals surface area contributed by atoms with Gasteiger partial charge in [0, 0.05) is 12.2 Å². The highest BCUT2D eigenvalue weighted by molar-refractivity contribution is 5.72. The summed E-state index contributed by atoms with van der Waals surface area (Å²) in [6, 6.07) is 6.83. The molecule has 4 N–H and O–H groups in total. The number of carbonyl (C=O) groups is 1. The highest BCUT2D eigenvalue weighted by Crippen LogP contribution is 2.09. The SMILES string of the molecule is CC(NCc1ccccc1N)C(=O)O. The summed E-state index contributed by atoms with van der Waals surface area (Å²) in [5.74, 6) is -0.862. The van der Waals surface area contributed by atoms with Gasteiger partial charge < -0.3 is 16.2 Å². The van der Waals surface area contributed by atoms with Gasteiger partial charge in [0.15, 0.2) is 0 Å². The van der Waals surface area contributed by atoms with E-state index in [0.717, 1.165) is 5.56 Å². The first-order valence-corrected chi connectivity index (χ1v) is 4.41. The maximum absolute atomic E-state index is 10.5. The van der Waals surface area contributed by atoms with E-state index in [4.69, 9.17) is 10.8 Å². The first kappa shape index (κ1) is 10.5. The van der Waals surface area contributed by atoms with Gasteiger partial charge in [0.2, 0.25) is 0 Å². The molecule has 0 aromatic heterocycles. The summed E-state index contributed by atoms with van der Waals surface area (Å²) in [7, 11) is 0. The Bertz CT molecular complexity index is 326. The van der Waals surface area contributed by atoms with E-state index in [1.54, 1.807) is 13.0 Å². The van der Waals surface area contributed by atoms with Gasteiger partial charge in [-0.25, -0.2) is 0 Å². The predicted octanol–water partition coefficient (Wildman–Crippen LogP) is 0.832. The van der Waals surface area contributed by atoms with Gasteiger partial charge in [0.1, 0.15) is 6.04 Å². The Morgan fingerprint density at radius 3 is 2.79 bits per heavy atom. The third-order valence-corrected chi connectivity index (χ3v) is 2.02. The van der Waals surface area contributed by atoms with Crippen LogP contribution in [0.25, 0.3) is 0 Å². The number of nitrogen functional groups attached to an aromatic ring is 1. The van der Waals surface area contributed by atoms with Gasteiger partial charge in [-0.2, -0.15) is 0 Å². The van der Waals surface area contributed by atoms with E-state index in [9.17, 15) is 4.79 Å². The minimum absolute atomic E-state index is 0.472. The smallest absolute Gasteiger partial charge is 0.320 e. The molecule has 0 aliphatic carbocycles. The Balaban J connectivity index is 2.54. The van der Waals surface area contributed by atoms with E-state index >= 15 is 0 Å². The monoisotopic (exact) mass is 194 g/mol. The number of para-hydroxylation sites is 1. The van der Waals surface area contributed by atoms with Crippen molar-refractivity contribution >= 4 is 11.7 Å². The molecule has 1 aromatic carbocycles. The molecule has 4 heteroatoms. The Kier molecular flexibility index (Phi) is 3.48. The van der Waals surface area contributed by atoms with Crippen LogP contribution in [0.5, 0.6) is 0 Å². The number of carboxylic acids is 1. The number of aliphatic carboxylic acids is 1. The number of nitrogens with one attached hydrogen (secondary N) is 1. The van der Waals surface area contributed by atoms with Gasteiger partial charge >= 0.3 is 5.97 Å². The molecule has 0 spiro atoms. The fourth-order valence-electron chi connectivity index (χ4n) is 1.05. The van der Waals surface area contributed by atoms with Crippen molar-refractivity contribution < 1.29 is 9.90 Å². The van der Waals surface area contributed by atoms with Gasteiger partial charge in [0.25, 0.3) is 0 Å². The maximum atomic E-state index is 10.5. The van der Waals surface area contributed by atoms with Crippen molar-refractivity contribution in [2.24, 2.45) is 0 Å². The molecule has 0 radical (unpaired) electrons. The minimum atomic E-state index is -0.862. The first-order chi connectivity index (χ1) is 6.61. The third-order valence-electron chi connectivity index (χ3n) is 2.02. The van der Waals surface area contributed by atoms with E-state index in [-0.39, 0.29) is 0 Å². The molecule has 4 nitrogen and oxygen atoms in total. The van der Waals surface area contributed by atoms with Crippen molar-refractivity contribution in [1.29, 1.82) is 0 Å². The van der Waals surface area contributed by atoms with Crippen LogP contribution in [0.4, 0.5) is 5.69 Å². The molecule has 1 rings (SSSR count). The number of hydrogen-bond donors (Lipinski definition) is 3. The summed E-state index contributed by atoms with van der Waals surface area (Å²) < 4.78 is 0. The molecule has 1 atom stereocenters. The number of hydrogen-bond acceptors (Lipinski definition) is 3. The molecule has 0 amide bonds. The van der Waals surface area contributed by atoms with Crippen molar-refractivity contribution in [1.82, 2.24) is 5.32 Å². The van der Waals surface area contributed by atoms with Gasteiger partial charge in [-0.3, -0.25) is 4.79 Å². The van der Waals surface area contributed by atoms with E-state index in [2.05, 4.69) is 5.32 Å². The van der Waals surface area contributed by atoms with Crippen molar-refractivity contribution in [3.05, 3.63) is 29.8 Å². The third kappa shape index (κ3) is 2.74. The molecule has 0 saturated heterocycles. The lowest BCUT2D eigenvalue weighted by Gasteiger charge is -2.10. The predicted molar refractivity (Wildman–Crippen MR) is 54.8 cm³/mol. The molecule has 0 saturated carbocycles. The first-order valence-electron chi connectivity index (χ1n) is 4.41. The molecular weight excluding hydrogens is 180 g/mol. The zero-order chi connectivity index (χ0) is 10.6. The van der Waals surface area contributed by atoms with E-state index in [0.29, 0.717) is 12.2 Å². The molecule has 14 heavy (non-hydrogen) atoms. The fraction of sp³-hybridized carbons (Fsp3) is 0.300. The van der Waals surface area contributed by atoms with Crippen molar-refractivity contribution in [3.8, 4) is 0 Å². The van der Waals surface area contributed by atoms with Gasteiger partial charge in [0.05, 0.1) is 0 Å². The van der Waals surface area contributed by atoms with Crippen molar-refractivity contribution in [3.63, 3.8) is 0 Å². The van der Waals surface area contributed by atoms with Crippen LogP contribution in [-0.4, -0.2) is 17.1 Å². The standard InChI is InChI=1S/C10H14N2O2/c1-7(10(13)14)12-6-8-4-2-3-5-9(8)11/h2-5,7,12H,6,11H2,1H3,(H,13,14). The van der Waals surface area contributed by atoms with Crippen molar-refractivity contribution in [2.75, 3.05) is 5.73 Å². The topological polar surface area (TPSA) is 75.3 Å². The van der Waals surface area contributed by atoms with Crippen LogP contribution in [0, 0.1) is 0 Å². The summed E-state index contributed by atoms with van der Waals surface area (Å²) >= 11 is 0. The van der Waals surface area contributed by atoms with E-state index < -0.39 is 12.0 Å². The number of carboxylic acid groups (broad SMARTS) is 1. The van der Waals surface area contributed by atoms with Crippen LogP contribution in [0.3, 0.4) is 0 Å². The molecule has 1 unspecified atom stereocenters. The normalized spacial score (nSPS) is 12.4. The Morgan fingerprint density at radius 2 is 2.21 bits per heavy atom. The van der Waals surface area contributed by atoms with Crippen LogP contribution in [-0.2, 0) is 11.3 Å². The quantitative estimate of drug-likeness (QED) is 0.620. The highest BCUT2D eigenvalue weighted by Gasteiger charge is 2.09. The summed E-state index contributed by atoms with van der Waals surface area (Å²) in [5, 5.41) is 11.5. The van der Waals surface area contributed by atoms with Gasteiger partial charge in [-0.1, -0.05) is 18.2 Å².